The van der Waals surface area contributed by atoms with Gasteiger partial charge in [-0.15, -0.1) is 0 Å². The molecule has 29 heavy (non-hydrogen) atoms. The van der Waals surface area contributed by atoms with Gasteiger partial charge in [0.2, 0.25) is 5.91 Å². The number of ether oxygens (including phenoxy) is 2. The van der Waals surface area contributed by atoms with Crippen LogP contribution in [0.4, 0.5) is 0 Å². The Morgan fingerprint density at radius 1 is 1.14 bits per heavy atom. The van der Waals surface area contributed by atoms with Gasteiger partial charge in [-0.1, -0.05) is 0 Å². The molecule has 0 spiro atoms. The standard InChI is InChI=1S/C21H39N5O3/c1-18(20(27)25-9-3-4-10-25)24-11-13-26(14-12-24)21(22-2)23-8-6-15-28-17-19-7-5-16-29-19/h18-19H,3-17H2,1-2H3,(H,22,23). The zero-order valence-electron chi connectivity index (χ0n) is 18.3. The van der Waals surface area contributed by atoms with E-state index in [2.05, 4.69) is 27.0 Å². The Morgan fingerprint density at radius 3 is 2.55 bits per heavy atom. The summed E-state index contributed by atoms with van der Waals surface area (Å²) < 4.78 is 11.3. The van der Waals surface area contributed by atoms with Gasteiger partial charge in [0, 0.05) is 66.1 Å². The minimum atomic E-state index is -0.0220. The van der Waals surface area contributed by atoms with Gasteiger partial charge in [-0.25, -0.2) is 0 Å². The number of rotatable bonds is 8. The predicted molar refractivity (Wildman–Crippen MR) is 114 cm³/mol. The van der Waals surface area contributed by atoms with Gasteiger partial charge in [0.05, 0.1) is 18.8 Å². The van der Waals surface area contributed by atoms with E-state index in [1.807, 2.05) is 11.9 Å². The number of carbonyl (C=O) groups excluding carboxylic acids is 1. The fraction of sp³-hybridized carbons (Fsp3) is 0.905. The van der Waals surface area contributed by atoms with Crippen LogP contribution >= 0.6 is 0 Å². The van der Waals surface area contributed by atoms with Crippen molar-refractivity contribution in [2.75, 3.05) is 72.7 Å². The minimum absolute atomic E-state index is 0.0220. The van der Waals surface area contributed by atoms with E-state index in [9.17, 15) is 4.79 Å². The fourth-order valence-corrected chi connectivity index (χ4v) is 4.38. The third-order valence-electron chi connectivity index (χ3n) is 6.22. The number of amides is 1. The molecule has 3 heterocycles. The molecule has 8 heteroatoms. The van der Waals surface area contributed by atoms with Crippen molar-refractivity contribution in [2.45, 2.75) is 51.2 Å². The fourth-order valence-electron chi connectivity index (χ4n) is 4.38. The zero-order valence-corrected chi connectivity index (χ0v) is 18.3. The van der Waals surface area contributed by atoms with Crippen LogP contribution in [-0.4, -0.2) is 111 Å². The SMILES string of the molecule is CN=C(NCCCOCC1CCCO1)N1CCN(C(C)C(=O)N2CCCC2)CC1. The molecule has 2 atom stereocenters. The van der Waals surface area contributed by atoms with Gasteiger partial charge < -0.3 is 24.6 Å². The maximum Gasteiger partial charge on any atom is 0.239 e. The molecule has 0 aromatic heterocycles. The van der Waals surface area contributed by atoms with E-state index in [-0.39, 0.29) is 6.04 Å². The van der Waals surface area contributed by atoms with Crippen LogP contribution in [-0.2, 0) is 14.3 Å². The van der Waals surface area contributed by atoms with Crippen molar-refractivity contribution in [2.24, 2.45) is 4.99 Å². The van der Waals surface area contributed by atoms with Crippen LogP contribution in [0.1, 0.15) is 39.0 Å². The number of piperazine rings is 1. The maximum absolute atomic E-state index is 12.6. The molecule has 0 aliphatic carbocycles. The van der Waals surface area contributed by atoms with Crippen molar-refractivity contribution in [3.8, 4) is 0 Å². The number of carbonyl (C=O) groups is 1. The lowest BCUT2D eigenvalue weighted by Crippen LogP contribution is -2.57. The summed E-state index contributed by atoms with van der Waals surface area (Å²) in [5, 5.41) is 3.45. The van der Waals surface area contributed by atoms with Crippen LogP contribution in [0.15, 0.2) is 4.99 Å². The Balaban J connectivity index is 1.30. The van der Waals surface area contributed by atoms with Crippen LogP contribution in [0.25, 0.3) is 0 Å². The van der Waals surface area contributed by atoms with Gasteiger partial charge in [0.15, 0.2) is 5.96 Å². The molecule has 3 aliphatic heterocycles. The van der Waals surface area contributed by atoms with E-state index in [4.69, 9.17) is 9.47 Å². The average molecular weight is 410 g/mol. The predicted octanol–water partition coefficient (Wildman–Crippen LogP) is 0.776. The molecular formula is C21H39N5O3. The zero-order chi connectivity index (χ0) is 20.5. The largest absolute Gasteiger partial charge is 0.379 e. The summed E-state index contributed by atoms with van der Waals surface area (Å²) in [6.07, 6.45) is 5.82. The molecule has 0 bridgehead atoms. The van der Waals surface area contributed by atoms with Crippen LogP contribution in [0.2, 0.25) is 0 Å². The molecule has 0 saturated carbocycles. The van der Waals surface area contributed by atoms with Crippen molar-refractivity contribution >= 4 is 11.9 Å². The van der Waals surface area contributed by atoms with E-state index in [1.165, 1.54) is 0 Å². The molecule has 3 saturated heterocycles. The Hall–Kier alpha value is -1.38. The first-order valence-electron chi connectivity index (χ1n) is 11.4. The number of likely N-dealkylation sites (tertiary alicyclic amines) is 1. The molecule has 1 amide bonds. The van der Waals surface area contributed by atoms with E-state index in [0.717, 1.165) is 97.1 Å². The second-order valence-electron chi connectivity index (χ2n) is 8.27. The topological polar surface area (TPSA) is 69.6 Å². The van der Waals surface area contributed by atoms with Gasteiger partial charge in [0.1, 0.15) is 0 Å². The summed E-state index contributed by atoms with van der Waals surface area (Å²) in [6, 6.07) is -0.0220. The van der Waals surface area contributed by atoms with Crippen molar-refractivity contribution in [3.05, 3.63) is 0 Å². The quantitative estimate of drug-likeness (QED) is 0.363. The normalized spacial score (nSPS) is 24.9. The van der Waals surface area contributed by atoms with Crippen LogP contribution in [0.3, 0.4) is 0 Å². The molecule has 0 aromatic carbocycles. The van der Waals surface area contributed by atoms with Gasteiger partial charge in [-0.3, -0.25) is 14.7 Å². The number of hydrogen-bond donors (Lipinski definition) is 1. The lowest BCUT2D eigenvalue weighted by molar-refractivity contribution is -0.135. The van der Waals surface area contributed by atoms with Gasteiger partial charge in [0.25, 0.3) is 0 Å². The second-order valence-corrected chi connectivity index (χ2v) is 8.27. The second kappa shape index (κ2) is 11.7. The molecule has 8 nitrogen and oxygen atoms in total. The van der Waals surface area contributed by atoms with E-state index >= 15 is 0 Å². The first kappa shape index (κ1) is 22.3. The Labute approximate surface area is 175 Å². The number of aliphatic imine (C=N–C) groups is 1. The highest BCUT2D eigenvalue weighted by molar-refractivity contribution is 5.82. The summed E-state index contributed by atoms with van der Waals surface area (Å²) in [5.74, 6) is 1.24. The summed E-state index contributed by atoms with van der Waals surface area (Å²) in [7, 11) is 1.84. The van der Waals surface area contributed by atoms with Crippen molar-refractivity contribution in [1.82, 2.24) is 20.0 Å². The van der Waals surface area contributed by atoms with Crippen LogP contribution < -0.4 is 5.32 Å². The van der Waals surface area contributed by atoms with Crippen molar-refractivity contribution in [1.29, 1.82) is 0 Å². The molecule has 3 fully saturated rings. The van der Waals surface area contributed by atoms with Crippen molar-refractivity contribution < 1.29 is 14.3 Å². The van der Waals surface area contributed by atoms with Gasteiger partial charge in [-0.05, 0) is 39.0 Å². The average Bonchev–Trinajstić information content (AvgIpc) is 3.47. The first-order chi connectivity index (χ1) is 14.2. The number of hydrogen-bond acceptors (Lipinski definition) is 5. The van der Waals surface area contributed by atoms with Crippen LogP contribution in [0, 0.1) is 0 Å². The lowest BCUT2D eigenvalue weighted by atomic mass is 10.2. The Kier molecular flexibility index (Phi) is 9.01. The highest BCUT2D eigenvalue weighted by Gasteiger charge is 2.30. The molecular weight excluding hydrogens is 370 g/mol. The molecule has 0 radical (unpaired) electrons. The van der Waals surface area contributed by atoms with E-state index in [0.29, 0.717) is 18.6 Å². The number of nitrogens with zero attached hydrogens (tertiary/aromatic N) is 4. The lowest BCUT2D eigenvalue weighted by Gasteiger charge is -2.39. The van der Waals surface area contributed by atoms with E-state index < -0.39 is 0 Å². The van der Waals surface area contributed by atoms with Gasteiger partial charge in [-0.2, -0.15) is 0 Å². The smallest absolute Gasteiger partial charge is 0.239 e. The summed E-state index contributed by atoms with van der Waals surface area (Å²) in [4.78, 5) is 23.7. The third kappa shape index (κ3) is 6.55. The Morgan fingerprint density at radius 2 is 1.90 bits per heavy atom. The minimum Gasteiger partial charge on any atom is -0.379 e. The monoisotopic (exact) mass is 409 g/mol. The number of nitrogens with one attached hydrogen (secondary N) is 1. The summed E-state index contributed by atoms with van der Waals surface area (Å²) in [6.45, 7) is 10.7. The molecule has 3 aliphatic rings. The van der Waals surface area contributed by atoms with E-state index in [1.54, 1.807) is 0 Å². The molecule has 166 valence electrons. The highest BCUT2D eigenvalue weighted by Crippen LogP contribution is 2.14. The first-order valence-corrected chi connectivity index (χ1v) is 11.4. The third-order valence-corrected chi connectivity index (χ3v) is 6.22. The van der Waals surface area contributed by atoms with Crippen molar-refractivity contribution in [3.63, 3.8) is 0 Å². The molecule has 1 N–H and O–H groups in total. The highest BCUT2D eigenvalue weighted by atomic mass is 16.5. The molecule has 3 rings (SSSR count). The maximum atomic E-state index is 12.6. The van der Waals surface area contributed by atoms with Crippen LogP contribution in [0.5, 0.6) is 0 Å². The molecule has 2 unspecified atom stereocenters. The number of guanidine groups is 1. The Bertz CT molecular complexity index is 524. The van der Waals surface area contributed by atoms with Gasteiger partial charge >= 0.3 is 0 Å². The summed E-state index contributed by atoms with van der Waals surface area (Å²) in [5.41, 5.74) is 0. The summed E-state index contributed by atoms with van der Waals surface area (Å²) >= 11 is 0. The molecule has 0 aromatic rings.